The highest BCUT2D eigenvalue weighted by molar-refractivity contribution is 7.22. The minimum absolute atomic E-state index is 0.292. The first-order chi connectivity index (χ1) is 13.6. The Balaban J connectivity index is 1.76. The molecule has 0 atom stereocenters. The molecule has 0 bridgehead atoms. The summed E-state index contributed by atoms with van der Waals surface area (Å²) in [6, 6.07) is 9.09. The SMILES string of the molecule is COc1ccc2nc(NC(=O)C=Cc3cc(OC)c(OC)c(OC)c3)sc2c1. The molecule has 7 nitrogen and oxygen atoms in total. The molecule has 0 aliphatic carbocycles. The fourth-order valence-corrected chi connectivity index (χ4v) is 3.50. The van der Waals surface area contributed by atoms with E-state index in [1.165, 1.54) is 24.5 Å². The second kappa shape index (κ2) is 8.62. The average molecular weight is 400 g/mol. The number of benzene rings is 2. The highest BCUT2D eigenvalue weighted by Gasteiger charge is 2.12. The van der Waals surface area contributed by atoms with Crippen molar-refractivity contribution in [3.05, 3.63) is 42.0 Å². The maximum Gasteiger partial charge on any atom is 0.250 e. The normalized spacial score (nSPS) is 10.9. The molecule has 0 radical (unpaired) electrons. The second-order valence-corrected chi connectivity index (χ2v) is 6.66. The van der Waals surface area contributed by atoms with E-state index in [0.717, 1.165) is 21.5 Å². The molecule has 0 spiro atoms. The van der Waals surface area contributed by atoms with Gasteiger partial charge in [0.25, 0.3) is 0 Å². The predicted octanol–water partition coefficient (Wildman–Crippen LogP) is 3.98. The number of anilines is 1. The number of rotatable bonds is 7. The van der Waals surface area contributed by atoms with Gasteiger partial charge in [0.15, 0.2) is 16.6 Å². The van der Waals surface area contributed by atoms with E-state index in [4.69, 9.17) is 18.9 Å². The number of nitrogens with one attached hydrogen (secondary N) is 1. The molecule has 0 aliphatic heterocycles. The summed E-state index contributed by atoms with van der Waals surface area (Å²) in [6.07, 6.45) is 3.09. The maximum atomic E-state index is 12.3. The van der Waals surface area contributed by atoms with Gasteiger partial charge in [0.2, 0.25) is 11.7 Å². The van der Waals surface area contributed by atoms with Crippen LogP contribution in [0.25, 0.3) is 16.3 Å². The lowest BCUT2D eigenvalue weighted by molar-refractivity contribution is -0.111. The zero-order chi connectivity index (χ0) is 20.1. The molecular formula is C20H20N2O5S. The van der Waals surface area contributed by atoms with Crippen molar-refractivity contribution in [2.75, 3.05) is 33.8 Å². The summed E-state index contributed by atoms with van der Waals surface area (Å²) in [7, 11) is 6.23. The number of aromatic nitrogens is 1. The van der Waals surface area contributed by atoms with Crippen molar-refractivity contribution < 1.29 is 23.7 Å². The zero-order valence-corrected chi connectivity index (χ0v) is 16.8. The molecule has 1 heterocycles. The highest BCUT2D eigenvalue weighted by atomic mass is 32.1. The molecule has 8 heteroatoms. The first kappa shape index (κ1) is 19.5. The Morgan fingerprint density at radius 3 is 2.32 bits per heavy atom. The number of nitrogens with zero attached hydrogens (tertiary/aromatic N) is 1. The summed E-state index contributed by atoms with van der Waals surface area (Å²) in [5.41, 5.74) is 1.54. The summed E-state index contributed by atoms with van der Waals surface area (Å²) >= 11 is 1.38. The second-order valence-electron chi connectivity index (χ2n) is 5.63. The van der Waals surface area contributed by atoms with Gasteiger partial charge in [0.05, 0.1) is 38.7 Å². The third-order valence-corrected chi connectivity index (χ3v) is 4.87. The zero-order valence-electron chi connectivity index (χ0n) is 15.9. The Labute approximate surface area is 166 Å². The molecule has 146 valence electrons. The van der Waals surface area contributed by atoms with Gasteiger partial charge in [-0.25, -0.2) is 4.98 Å². The van der Waals surface area contributed by atoms with Crippen molar-refractivity contribution in [2.24, 2.45) is 0 Å². The van der Waals surface area contributed by atoms with Crippen molar-refractivity contribution in [3.8, 4) is 23.0 Å². The van der Waals surface area contributed by atoms with E-state index in [1.54, 1.807) is 39.5 Å². The van der Waals surface area contributed by atoms with Gasteiger partial charge in [-0.3, -0.25) is 10.1 Å². The van der Waals surface area contributed by atoms with E-state index in [-0.39, 0.29) is 5.91 Å². The van der Waals surface area contributed by atoms with Crippen molar-refractivity contribution in [1.29, 1.82) is 0 Å². The number of hydrogen-bond donors (Lipinski definition) is 1. The Morgan fingerprint density at radius 2 is 1.71 bits per heavy atom. The van der Waals surface area contributed by atoms with E-state index in [1.807, 2.05) is 18.2 Å². The van der Waals surface area contributed by atoms with Crippen LogP contribution >= 0.6 is 11.3 Å². The van der Waals surface area contributed by atoms with Crippen molar-refractivity contribution in [3.63, 3.8) is 0 Å². The fourth-order valence-electron chi connectivity index (χ4n) is 2.60. The van der Waals surface area contributed by atoms with Crippen LogP contribution < -0.4 is 24.3 Å². The van der Waals surface area contributed by atoms with Crippen molar-refractivity contribution in [1.82, 2.24) is 4.98 Å². The van der Waals surface area contributed by atoms with Gasteiger partial charge < -0.3 is 18.9 Å². The lowest BCUT2D eigenvalue weighted by Crippen LogP contribution is -2.07. The standard InChI is InChI=1S/C20H20N2O5S/c1-24-13-6-7-14-17(11-13)28-20(21-14)22-18(23)8-5-12-9-15(25-2)19(27-4)16(10-12)26-3/h5-11H,1-4H3,(H,21,22,23). The van der Waals surface area contributed by atoms with Gasteiger partial charge >= 0.3 is 0 Å². The predicted molar refractivity (Wildman–Crippen MR) is 110 cm³/mol. The molecule has 1 N–H and O–H groups in total. The number of amides is 1. The van der Waals surface area contributed by atoms with Gasteiger partial charge in [-0.2, -0.15) is 0 Å². The van der Waals surface area contributed by atoms with Crippen molar-refractivity contribution >= 4 is 38.7 Å². The fraction of sp³-hybridized carbons (Fsp3) is 0.200. The molecule has 3 aromatic rings. The quantitative estimate of drug-likeness (QED) is 0.605. The maximum absolute atomic E-state index is 12.3. The Morgan fingerprint density at radius 1 is 1.00 bits per heavy atom. The summed E-state index contributed by atoms with van der Waals surface area (Å²) < 4.78 is 22.1. The monoisotopic (exact) mass is 400 g/mol. The largest absolute Gasteiger partial charge is 0.497 e. The van der Waals surface area contributed by atoms with Crippen LogP contribution in [0.1, 0.15) is 5.56 Å². The number of methoxy groups -OCH3 is 4. The first-order valence-electron chi connectivity index (χ1n) is 8.31. The van der Waals surface area contributed by atoms with Crippen LogP contribution in [0.4, 0.5) is 5.13 Å². The molecule has 0 aliphatic rings. The van der Waals surface area contributed by atoms with Crippen LogP contribution in [0.2, 0.25) is 0 Å². The number of carbonyl (C=O) groups is 1. The van der Waals surface area contributed by atoms with Crippen LogP contribution in [0.15, 0.2) is 36.4 Å². The summed E-state index contributed by atoms with van der Waals surface area (Å²) in [4.78, 5) is 16.7. The van der Waals surface area contributed by atoms with Gasteiger partial charge in [-0.1, -0.05) is 11.3 Å². The van der Waals surface area contributed by atoms with Crippen LogP contribution in [0, 0.1) is 0 Å². The molecule has 3 rings (SSSR count). The number of thiazole rings is 1. The summed E-state index contributed by atoms with van der Waals surface area (Å²) in [6.45, 7) is 0. The van der Waals surface area contributed by atoms with Crippen LogP contribution in [-0.4, -0.2) is 39.3 Å². The molecule has 28 heavy (non-hydrogen) atoms. The molecule has 0 unspecified atom stereocenters. The molecule has 0 saturated heterocycles. The number of ether oxygens (including phenoxy) is 4. The van der Waals surface area contributed by atoms with Crippen LogP contribution in [0.5, 0.6) is 23.0 Å². The lowest BCUT2D eigenvalue weighted by atomic mass is 10.1. The molecule has 1 aromatic heterocycles. The Kier molecular flexibility index (Phi) is 6.00. The van der Waals surface area contributed by atoms with Gasteiger partial charge in [0.1, 0.15) is 5.75 Å². The highest BCUT2D eigenvalue weighted by Crippen LogP contribution is 2.38. The van der Waals surface area contributed by atoms with Crippen LogP contribution in [-0.2, 0) is 4.79 Å². The Bertz CT molecular complexity index is 1000. The van der Waals surface area contributed by atoms with Gasteiger partial charge in [-0.05, 0) is 42.0 Å². The molecule has 2 aromatic carbocycles. The minimum Gasteiger partial charge on any atom is -0.497 e. The first-order valence-corrected chi connectivity index (χ1v) is 9.13. The van der Waals surface area contributed by atoms with E-state index in [2.05, 4.69) is 10.3 Å². The third-order valence-electron chi connectivity index (χ3n) is 3.94. The molecule has 0 fully saturated rings. The molecule has 0 saturated carbocycles. The van der Waals surface area contributed by atoms with Gasteiger partial charge in [-0.15, -0.1) is 0 Å². The van der Waals surface area contributed by atoms with Crippen LogP contribution in [0.3, 0.4) is 0 Å². The third kappa shape index (κ3) is 4.17. The summed E-state index contributed by atoms with van der Waals surface area (Å²) in [5.74, 6) is 1.98. The summed E-state index contributed by atoms with van der Waals surface area (Å²) in [5, 5.41) is 3.29. The Hall–Kier alpha value is -3.26. The average Bonchev–Trinajstić information content (AvgIpc) is 3.12. The number of carbonyl (C=O) groups excluding carboxylic acids is 1. The van der Waals surface area contributed by atoms with Gasteiger partial charge in [0, 0.05) is 6.08 Å². The topological polar surface area (TPSA) is 78.9 Å². The van der Waals surface area contributed by atoms with E-state index in [9.17, 15) is 4.79 Å². The number of fused-ring (bicyclic) bond motifs is 1. The number of hydrogen-bond acceptors (Lipinski definition) is 7. The smallest absolute Gasteiger partial charge is 0.250 e. The minimum atomic E-state index is -0.292. The van der Waals surface area contributed by atoms with Crippen molar-refractivity contribution in [2.45, 2.75) is 0 Å². The molecule has 1 amide bonds. The van der Waals surface area contributed by atoms with E-state index >= 15 is 0 Å². The lowest BCUT2D eigenvalue weighted by Gasteiger charge is -2.12. The molecular weight excluding hydrogens is 380 g/mol. The van der Waals surface area contributed by atoms with E-state index < -0.39 is 0 Å². The van der Waals surface area contributed by atoms with E-state index in [0.29, 0.717) is 22.4 Å².